The van der Waals surface area contributed by atoms with Gasteiger partial charge < -0.3 is 19.6 Å². The predicted octanol–water partition coefficient (Wildman–Crippen LogP) is 3.95. The number of furan rings is 1. The van der Waals surface area contributed by atoms with Crippen LogP contribution in [-0.2, 0) is 6.42 Å². The molecule has 3 aromatic rings. The second-order valence-electron chi connectivity index (χ2n) is 5.46. The molecule has 2 aromatic carbocycles. The number of rotatable bonds is 5. The van der Waals surface area contributed by atoms with E-state index in [9.17, 15) is 9.59 Å². The minimum absolute atomic E-state index is 0.159. The molecule has 1 aromatic heterocycles. The second kappa shape index (κ2) is 6.68. The van der Waals surface area contributed by atoms with Crippen molar-refractivity contribution in [3.05, 3.63) is 59.4 Å². The van der Waals surface area contributed by atoms with Gasteiger partial charge in [0.15, 0.2) is 11.3 Å². The van der Waals surface area contributed by atoms with Crippen molar-refractivity contribution in [3.8, 4) is 5.75 Å². The average Bonchev–Trinajstić information content (AvgIpc) is 3.05. The standard InChI is InChI=1S/C19H17NO5/c1-3-13-10-15-14(8-9-16(24-2)17(15)25-13)18(21)20-12-6-4-11(5-7-12)19(22)23/h4-10H,3H2,1-2H3,(H,20,21)(H,22,23). The molecule has 0 bridgehead atoms. The zero-order valence-corrected chi connectivity index (χ0v) is 13.8. The summed E-state index contributed by atoms with van der Waals surface area (Å²) in [5.74, 6) is 0.0100. The van der Waals surface area contributed by atoms with Crippen molar-refractivity contribution in [2.45, 2.75) is 13.3 Å². The highest BCUT2D eigenvalue weighted by molar-refractivity contribution is 6.13. The molecule has 0 saturated carbocycles. The number of amides is 1. The number of methoxy groups -OCH3 is 1. The third kappa shape index (κ3) is 3.19. The van der Waals surface area contributed by atoms with Gasteiger partial charge in [0.05, 0.1) is 18.2 Å². The number of carboxylic acid groups (broad SMARTS) is 1. The van der Waals surface area contributed by atoms with E-state index < -0.39 is 5.97 Å². The molecule has 6 nitrogen and oxygen atoms in total. The number of ether oxygens (including phenoxy) is 1. The third-order valence-electron chi connectivity index (χ3n) is 3.90. The van der Waals surface area contributed by atoms with Crippen LogP contribution in [0.15, 0.2) is 46.9 Å². The van der Waals surface area contributed by atoms with E-state index in [-0.39, 0.29) is 11.5 Å². The molecule has 6 heteroatoms. The van der Waals surface area contributed by atoms with E-state index in [4.69, 9.17) is 14.3 Å². The zero-order valence-electron chi connectivity index (χ0n) is 13.8. The normalized spacial score (nSPS) is 10.6. The Morgan fingerprint density at radius 3 is 2.48 bits per heavy atom. The van der Waals surface area contributed by atoms with E-state index in [0.717, 1.165) is 5.76 Å². The third-order valence-corrected chi connectivity index (χ3v) is 3.90. The molecule has 0 aliphatic heterocycles. The SMILES string of the molecule is CCc1cc2c(C(=O)Nc3ccc(C(=O)O)cc3)ccc(OC)c2o1. The van der Waals surface area contributed by atoms with Crippen LogP contribution in [0.1, 0.15) is 33.4 Å². The van der Waals surface area contributed by atoms with Crippen molar-refractivity contribution in [2.24, 2.45) is 0 Å². The maximum atomic E-state index is 12.6. The van der Waals surface area contributed by atoms with Crippen LogP contribution < -0.4 is 10.1 Å². The number of hydrogen-bond acceptors (Lipinski definition) is 4. The lowest BCUT2D eigenvalue weighted by Crippen LogP contribution is -2.12. The first-order valence-corrected chi connectivity index (χ1v) is 7.77. The van der Waals surface area contributed by atoms with Crippen molar-refractivity contribution in [1.29, 1.82) is 0 Å². The number of carbonyl (C=O) groups is 2. The summed E-state index contributed by atoms with van der Waals surface area (Å²) in [6, 6.07) is 11.2. The lowest BCUT2D eigenvalue weighted by Gasteiger charge is -2.08. The van der Waals surface area contributed by atoms with E-state index in [1.54, 1.807) is 31.4 Å². The first kappa shape index (κ1) is 16.6. The van der Waals surface area contributed by atoms with Gasteiger partial charge in [-0.15, -0.1) is 0 Å². The van der Waals surface area contributed by atoms with Crippen LogP contribution in [0.3, 0.4) is 0 Å². The molecule has 0 aliphatic rings. The Hall–Kier alpha value is -3.28. The Morgan fingerprint density at radius 2 is 1.88 bits per heavy atom. The van der Waals surface area contributed by atoms with Gasteiger partial charge in [-0.2, -0.15) is 0 Å². The highest BCUT2D eigenvalue weighted by atomic mass is 16.5. The summed E-state index contributed by atoms with van der Waals surface area (Å²) in [5.41, 5.74) is 1.67. The number of aryl methyl sites for hydroxylation is 1. The van der Waals surface area contributed by atoms with Gasteiger partial charge in [-0.25, -0.2) is 4.79 Å². The average molecular weight is 339 g/mol. The Morgan fingerprint density at radius 1 is 1.16 bits per heavy atom. The van der Waals surface area contributed by atoms with Crippen LogP contribution in [0.25, 0.3) is 11.0 Å². The maximum Gasteiger partial charge on any atom is 0.335 e. The van der Waals surface area contributed by atoms with E-state index in [1.165, 1.54) is 12.1 Å². The number of carbonyl (C=O) groups excluding carboxylic acids is 1. The highest BCUT2D eigenvalue weighted by Gasteiger charge is 2.17. The van der Waals surface area contributed by atoms with Crippen LogP contribution in [-0.4, -0.2) is 24.1 Å². The fourth-order valence-electron chi connectivity index (χ4n) is 2.58. The molecule has 0 spiro atoms. The number of fused-ring (bicyclic) bond motifs is 1. The molecule has 0 atom stereocenters. The predicted molar refractivity (Wildman–Crippen MR) is 93.5 cm³/mol. The molecular weight excluding hydrogens is 322 g/mol. The summed E-state index contributed by atoms with van der Waals surface area (Å²) in [5, 5.41) is 12.4. The van der Waals surface area contributed by atoms with Crippen LogP contribution in [0, 0.1) is 0 Å². The fraction of sp³-hybridized carbons (Fsp3) is 0.158. The summed E-state index contributed by atoms with van der Waals surface area (Å²) in [6.07, 6.45) is 0.704. The first-order chi connectivity index (χ1) is 12.0. The highest BCUT2D eigenvalue weighted by Crippen LogP contribution is 2.32. The lowest BCUT2D eigenvalue weighted by molar-refractivity contribution is 0.0696. The van der Waals surface area contributed by atoms with Crippen LogP contribution in [0.4, 0.5) is 5.69 Å². The summed E-state index contributed by atoms with van der Waals surface area (Å²) in [6.45, 7) is 1.97. The second-order valence-corrected chi connectivity index (χ2v) is 5.46. The molecule has 3 rings (SSSR count). The van der Waals surface area contributed by atoms with Crippen molar-refractivity contribution in [1.82, 2.24) is 0 Å². The van der Waals surface area contributed by atoms with Crippen LogP contribution in [0.2, 0.25) is 0 Å². The summed E-state index contributed by atoms with van der Waals surface area (Å²) in [7, 11) is 1.55. The summed E-state index contributed by atoms with van der Waals surface area (Å²) in [4.78, 5) is 23.5. The first-order valence-electron chi connectivity index (χ1n) is 7.77. The monoisotopic (exact) mass is 339 g/mol. The quantitative estimate of drug-likeness (QED) is 0.734. The van der Waals surface area contributed by atoms with E-state index in [2.05, 4.69) is 5.32 Å². The molecule has 25 heavy (non-hydrogen) atoms. The van der Waals surface area contributed by atoms with Gasteiger partial charge in [-0.05, 0) is 42.5 Å². The zero-order chi connectivity index (χ0) is 18.0. The number of benzene rings is 2. The number of carboxylic acids is 1. The number of anilines is 1. The van der Waals surface area contributed by atoms with Crippen LogP contribution in [0.5, 0.6) is 5.75 Å². The van der Waals surface area contributed by atoms with Crippen molar-refractivity contribution >= 4 is 28.5 Å². The molecule has 2 N–H and O–H groups in total. The number of hydrogen-bond donors (Lipinski definition) is 2. The Bertz CT molecular complexity index is 940. The number of aromatic carboxylic acids is 1. The van der Waals surface area contributed by atoms with Crippen molar-refractivity contribution in [2.75, 3.05) is 12.4 Å². The van der Waals surface area contributed by atoms with Gasteiger partial charge in [-0.3, -0.25) is 4.79 Å². The summed E-state index contributed by atoms with van der Waals surface area (Å²) >= 11 is 0. The molecule has 0 saturated heterocycles. The van der Waals surface area contributed by atoms with Gasteiger partial charge in [0, 0.05) is 17.5 Å². The fourth-order valence-corrected chi connectivity index (χ4v) is 2.58. The van der Waals surface area contributed by atoms with Gasteiger partial charge in [0.25, 0.3) is 5.91 Å². The van der Waals surface area contributed by atoms with E-state index in [1.807, 2.05) is 13.0 Å². The van der Waals surface area contributed by atoms with E-state index >= 15 is 0 Å². The van der Waals surface area contributed by atoms with Gasteiger partial charge in [0.2, 0.25) is 0 Å². The molecule has 0 unspecified atom stereocenters. The van der Waals surface area contributed by atoms with Crippen LogP contribution >= 0.6 is 0 Å². The minimum atomic E-state index is -1.01. The minimum Gasteiger partial charge on any atom is -0.493 e. The molecule has 0 fully saturated rings. The Balaban J connectivity index is 1.94. The van der Waals surface area contributed by atoms with E-state index in [0.29, 0.717) is 34.4 Å². The molecule has 1 amide bonds. The lowest BCUT2D eigenvalue weighted by atomic mass is 10.1. The number of nitrogens with one attached hydrogen (secondary N) is 1. The molecule has 0 aliphatic carbocycles. The molecule has 128 valence electrons. The Kier molecular flexibility index (Phi) is 4.43. The maximum absolute atomic E-state index is 12.6. The summed E-state index contributed by atoms with van der Waals surface area (Å²) < 4.78 is 11.0. The van der Waals surface area contributed by atoms with Gasteiger partial charge in [-0.1, -0.05) is 6.92 Å². The topological polar surface area (TPSA) is 88.8 Å². The molecule has 0 radical (unpaired) electrons. The largest absolute Gasteiger partial charge is 0.493 e. The molecule has 1 heterocycles. The Labute approximate surface area is 144 Å². The van der Waals surface area contributed by atoms with Crippen molar-refractivity contribution < 1.29 is 23.8 Å². The van der Waals surface area contributed by atoms with Gasteiger partial charge >= 0.3 is 5.97 Å². The van der Waals surface area contributed by atoms with Crippen molar-refractivity contribution in [3.63, 3.8) is 0 Å². The molecular formula is C19H17NO5. The van der Waals surface area contributed by atoms with Gasteiger partial charge in [0.1, 0.15) is 5.76 Å². The smallest absolute Gasteiger partial charge is 0.335 e.